The molecule has 6 nitrogen and oxygen atoms in total. The molecule has 136 valence electrons. The van der Waals surface area contributed by atoms with Crippen LogP contribution in [0.5, 0.6) is 0 Å². The fraction of sp³-hybridized carbons (Fsp3) is 0.556. The van der Waals surface area contributed by atoms with Gasteiger partial charge in [-0.3, -0.25) is 9.59 Å². The maximum Gasteiger partial charge on any atom is 0.242 e. The zero-order valence-corrected chi connectivity index (χ0v) is 15.2. The van der Waals surface area contributed by atoms with E-state index in [1.54, 1.807) is 12.1 Å². The number of nitrogens with one attached hydrogen (secondary N) is 1. The number of hydrogen-bond donors (Lipinski definition) is 1. The van der Waals surface area contributed by atoms with E-state index in [4.69, 9.17) is 16.3 Å². The first-order chi connectivity index (χ1) is 12.0. The average molecular weight is 366 g/mol. The van der Waals surface area contributed by atoms with Gasteiger partial charge in [-0.2, -0.15) is 0 Å². The molecule has 2 saturated heterocycles. The predicted molar refractivity (Wildman–Crippen MR) is 95.5 cm³/mol. The van der Waals surface area contributed by atoms with E-state index in [1.165, 1.54) is 0 Å². The highest BCUT2D eigenvalue weighted by Crippen LogP contribution is 2.13. The lowest BCUT2D eigenvalue weighted by Crippen LogP contribution is -2.60. The molecule has 2 amide bonds. The van der Waals surface area contributed by atoms with Crippen LogP contribution in [0.15, 0.2) is 24.3 Å². The average Bonchev–Trinajstić information content (AvgIpc) is 2.63. The largest absolute Gasteiger partial charge is 0.375 e. The minimum atomic E-state index is -0.287. The van der Waals surface area contributed by atoms with Crippen LogP contribution >= 0.6 is 11.6 Å². The van der Waals surface area contributed by atoms with Crippen LogP contribution < -0.4 is 5.32 Å². The van der Waals surface area contributed by atoms with Gasteiger partial charge in [0.25, 0.3) is 0 Å². The summed E-state index contributed by atoms with van der Waals surface area (Å²) >= 11 is 5.87. The number of morpholine rings is 1. The number of hydrogen-bond acceptors (Lipinski definition) is 4. The third-order valence-corrected chi connectivity index (χ3v) is 5.05. The van der Waals surface area contributed by atoms with Gasteiger partial charge in [0.15, 0.2) is 0 Å². The Morgan fingerprint density at radius 3 is 2.44 bits per heavy atom. The first kappa shape index (κ1) is 18.2. The van der Waals surface area contributed by atoms with Crippen LogP contribution in [0, 0.1) is 0 Å². The van der Waals surface area contributed by atoms with Crippen LogP contribution in [0.1, 0.15) is 12.5 Å². The van der Waals surface area contributed by atoms with Crippen LogP contribution in [0.2, 0.25) is 5.02 Å². The molecule has 0 unspecified atom stereocenters. The summed E-state index contributed by atoms with van der Waals surface area (Å²) < 4.78 is 5.55. The second-order valence-corrected chi connectivity index (χ2v) is 6.95. The summed E-state index contributed by atoms with van der Waals surface area (Å²) in [6.07, 6.45) is 0.242. The van der Waals surface area contributed by atoms with Crippen molar-refractivity contribution in [2.24, 2.45) is 0 Å². The first-order valence-corrected chi connectivity index (χ1v) is 9.08. The summed E-state index contributed by atoms with van der Waals surface area (Å²) in [4.78, 5) is 28.7. The van der Waals surface area contributed by atoms with Crippen LogP contribution in [0.25, 0.3) is 0 Å². The molecule has 0 bridgehead atoms. The van der Waals surface area contributed by atoms with Crippen molar-refractivity contribution in [2.75, 3.05) is 39.3 Å². The molecular formula is C18H24ClN3O3. The second kappa shape index (κ2) is 8.17. The van der Waals surface area contributed by atoms with Gasteiger partial charge in [0.05, 0.1) is 19.1 Å². The zero-order valence-electron chi connectivity index (χ0n) is 14.4. The second-order valence-electron chi connectivity index (χ2n) is 6.52. The molecule has 3 rings (SSSR count). The fourth-order valence-corrected chi connectivity index (χ4v) is 3.40. The molecule has 1 aromatic carbocycles. The SMILES string of the molecule is C[C@H]1OCCN[C@@H]1C(=O)N1CCN(C(=O)Cc2ccc(Cl)cc2)CC1. The number of nitrogens with zero attached hydrogens (tertiary/aromatic N) is 2. The Hall–Kier alpha value is -1.63. The summed E-state index contributed by atoms with van der Waals surface area (Å²) in [7, 11) is 0. The van der Waals surface area contributed by atoms with E-state index in [2.05, 4.69) is 5.32 Å². The van der Waals surface area contributed by atoms with Gasteiger partial charge < -0.3 is 19.9 Å². The summed E-state index contributed by atoms with van der Waals surface area (Å²) in [6.45, 7) is 5.52. The number of rotatable bonds is 3. The molecule has 2 heterocycles. The van der Waals surface area contributed by atoms with Gasteiger partial charge in [0.1, 0.15) is 6.04 Å². The van der Waals surface area contributed by atoms with E-state index < -0.39 is 0 Å². The lowest BCUT2D eigenvalue weighted by atomic mass is 10.1. The van der Waals surface area contributed by atoms with Crippen LogP contribution in [-0.2, 0) is 20.7 Å². The quantitative estimate of drug-likeness (QED) is 0.865. The van der Waals surface area contributed by atoms with Crippen molar-refractivity contribution < 1.29 is 14.3 Å². The lowest BCUT2D eigenvalue weighted by molar-refractivity contribution is -0.144. The van der Waals surface area contributed by atoms with Gasteiger partial charge in [-0.25, -0.2) is 0 Å². The van der Waals surface area contributed by atoms with Gasteiger partial charge in [-0.1, -0.05) is 23.7 Å². The Balaban J connectivity index is 1.50. The maximum atomic E-state index is 12.6. The minimum Gasteiger partial charge on any atom is -0.375 e. The highest BCUT2D eigenvalue weighted by atomic mass is 35.5. The molecule has 2 aliphatic rings. The van der Waals surface area contributed by atoms with Gasteiger partial charge in [-0.05, 0) is 24.6 Å². The summed E-state index contributed by atoms with van der Waals surface area (Å²) in [5.41, 5.74) is 0.949. The van der Waals surface area contributed by atoms with Gasteiger partial charge in [0, 0.05) is 37.7 Å². The Morgan fingerprint density at radius 1 is 1.16 bits per heavy atom. The maximum absolute atomic E-state index is 12.6. The van der Waals surface area contributed by atoms with Gasteiger partial charge >= 0.3 is 0 Å². The van der Waals surface area contributed by atoms with E-state index >= 15 is 0 Å². The van der Waals surface area contributed by atoms with E-state index in [9.17, 15) is 9.59 Å². The Labute approximate surface area is 153 Å². The molecule has 0 aliphatic carbocycles. The summed E-state index contributed by atoms with van der Waals surface area (Å²) in [5, 5.41) is 3.89. The number of piperazine rings is 1. The van der Waals surface area contributed by atoms with E-state index in [0.29, 0.717) is 50.8 Å². The molecule has 0 aromatic heterocycles. The van der Waals surface area contributed by atoms with E-state index in [1.807, 2.05) is 28.9 Å². The molecule has 0 radical (unpaired) electrons. The van der Waals surface area contributed by atoms with Crippen LogP contribution in [0.4, 0.5) is 0 Å². The highest BCUT2D eigenvalue weighted by molar-refractivity contribution is 6.30. The third-order valence-electron chi connectivity index (χ3n) is 4.80. The number of ether oxygens (including phenoxy) is 1. The Morgan fingerprint density at radius 2 is 1.80 bits per heavy atom. The third kappa shape index (κ3) is 4.51. The fourth-order valence-electron chi connectivity index (χ4n) is 3.27. The van der Waals surface area contributed by atoms with Crippen LogP contribution in [0.3, 0.4) is 0 Å². The van der Waals surface area contributed by atoms with Crippen molar-refractivity contribution >= 4 is 23.4 Å². The molecule has 25 heavy (non-hydrogen) atoms. The number of carbonyl (C=O) groups is 2. The smallest absolute Gasteiger partial charge is 0.242 e. The van der Waals surface area contributed by atoms with Gasteiger partial charge in [0.2, 0.25) is 11.8 Å². The number of halogens is 1. The zero-order chi connectivity index (χ0) is 17.8. The normalized spacial score (nSPS) is 24.2. The standard InChI is InChI=1S/C18H24ClN3O3/c1-13-17(20-6-11-25-13)18(24)22-9-7-21(8-10-22)16(23)12-14-2-4-15(19)5-3-14/h2-5,13,17,20H,6-12H2,1H3/t13-,17+/m1/s1. The van der Waals surface area contributed by atoms with E-state index in [0.717, 1.165) is 5.56 Å². The lowest BCUT2D eigenvalue weighted by Gasteiger charge is -2.38. The highest BCUT2D eigenvalue weighted by Gasteiger charge is 2.33. The van der Waals surface area contributed by atoms with Crippen LogP contribution in [-0.4, -0.2) is 73.1 Å². The molecule has 7 heteroatoms. The van der Waals surface area contributed by atoms with Crippen molar-refractivity contribution in [3.8, 4) is 0 Å². The predicted octanol–water partition coefficient (Wildman–Crippen LogP) is 0.930. The number of benzene rings is 1. The molecule has 0 saturated carbocycles. The number of amides is 2. The van der Waals surface area contributed by atoms with Gasteiger partial charge in [-0.15, -0.1) is 0 Å². The first-order valence-electron chi connectivity index (χ1n) is 8.70. The van der Waals surface area contributed by atoms with E-state index in [-0.39, 0.29) is 24.0 Å². The van der Waals surface area contributed by atoms with Crippen molar-refractivity contribution in [1.29, 1.82) is 0 Å². The summed E-state index contributed by atoms with van der Waals surface area (Å²) in [5.74, 6) is 0.152. The van der Waals surface area contributed by atoms with Crippen molar-refractivity contribution in [3.63, 3.8) is 0 Å². The summed E-state index contributed by atoms with van der Waals surface area (Å²) in [6, 6.07) is 7.04. The van der Waals surface area contributed by atoms with Crippen molar-refractivity contribution in [2.45, 2.75) is 25.5 Å². The molecule has 1 aromatic rings. The molecule has 1 N–H and O–H groups in total. The molecular weight excluding hydrogens is 342 g/mol. The molecule has 2 atom stereocenters. The van der Waals surface area contributed by atoms with Crippen molar-refractivity contribution in [3.05, 3.63) is 34.9 Å². The minimum absolute atomic E-state index is 0.0667. The number of carbonyl (C=O) groups excluding carboxylic acids is 2. The Bertz CT molecular complexity index is 614. The molecule has 2 fully saturated rings. The topological polar surface area (TPSA) is 61.9 Å². The van der Waals surface area contributed by atoms with Crippen molar-refractivity contribution in [1.82, 2.24) is 15.1 Å². The Kier molecular flexibility index (Phi) is 5.93. The monoisotopic (exact) mass is 365 g/mol. The molecule has 2 aliphatic heterocycles. The molecule has 0 spiro atoms.